The lowest BCUT2D eigenvalue weighted by molar-refractivity contribution is -0.148. The van der Waals surface area contributed by atoms with Crippen LogP contribution in [-0.4, -0.2) is 67.7 Å². The number of imidazole rings is 1. The van der Waals surface area contributed by atoms with Crippen molar-refractivity contribution in [2.24, 2.45) is 0 Å². The lowest BCUT2D eigenvalue weighted by Crippen LogP contribution is -2.46. The van der Waals surface area contributed by atoms with Crippen LogP contribution in [0.1, 0.15) is 12.2 Å². The van der Waals surface area contributed by atoms with Crippen LogP contribution in [0.25, 0.3) is 11.0 Å². The van der Waals surface area contributed by atoms with Gasteiger partial charge in [0.25, 0.3) is 0 Å². The summed E-state index contributed by atoms with van der Waals surface area (Å²) < 4.78 is 41.3. The van der Waals surface area contributed by atoms with E-state index in [1.165, 1.54) is 24.1 Å². The summed E-state index contributed by atoms with van der Waals surface area (Å²) in [5.41, 5.74) is -0.824. The number of hydrogen-bond donors (Lipinski definition) is 1. The molecule has 31 heavy (non-hydrogen) atoms. The van der Waals surface area contributed by atoms with Crippen molar-refractivity contribution in [1.82, 2.24) is 24.4 Å². The van der Waals surface area contributed by atoms with Crippen molar-refractivity contribution in [3.8, 4) is 0 Å². The highest BCUT2D eigenvalue weighted by Gasteiger charge is 2.40. The minimum absolute atomic E-state index is 0.0247. The number of carbonyl (C=O) groups excluding carboxylic acids is 1. The number of aliphatic hydroxyl groups is 1. The number of aromatic nitrogens is 4. The van der Waals surface area contributed by atoms with Gasteiger partial charge >= 0.3 is 6.18 Å². The predicted octanol–water partition coefficient (Wildman–Crippen LogP) is 1.94. The summed E-state index contributed by atoms with van der Waals surface area (Å²) in [5.74, 6) is -1.20. The molecule has 8 nitrogen and oxygen atoms in total. The molecular formula is C20H21F3N6O2. The zero-order chi connectivity index (χ0) is 22.2. The number of anilines is 1. The number of carbonyl (C=O) groups is 1. The Balaban J connectivity index is 1.49. The fourth-order valence-corrected chi connectivity index (χ4v) is 3.85. The summed E-state index contributed by atoms with van der Waals surface area (Å²) in [7, 11) is 1.47. The van der Waals surface area contributed by atoms with Crippen LogP contribution < -0.4 is 4.90 Å². The van der Waals surface area contributed by atoms with E-state index in [0.29, 0.717) is 18.9 Å². The molecule has 0 saturated carbocycles. The zero-order valence-corrected chi connectivity index (χ0v) is 16.7. The number of halogens is 3. The highest BCUT2D eigenvalue weighted by atomic mass is 19.4. The first-order chi connectivity index (χ1) is 14.7. The summed E-state index contributed by atoms with van der Waals surface area (Å²) in [6.45, 7) is 0.167. The first kappa shape index (κ1) is 21.0. The highest BCUT2D eigenvalue weighted by molar-refractivity contribution is 5.81. The van der Waals surface area contributed by atoms with E-state index in [1.54, 1.807) is 30.6 Å². The molecule has 1 atom stereocenters. The Bertz CT molecular complexity index is 1090. The Morgan fingerprint density at radius 3 is 2.65 bits per heavy atom. The van der Waals surface area contributed by atoms with Gasteiger partial charge in [-0.15, -0.1) is 0 Å². The van der Waals surface area contributed by atoms with Crippen LogP contribution in [0, 0.1) is 0 Å². The summed E-state index contributed by atoms with van der Waals surface area (Å²) in [4.78, 5) is 27.8. The van der Waals surface area contributed by atoms with Gasteiger partial charge in [0.05, 0.1) is 24.1 Å². The fraction of sp³-hybridized carbons (Fsp3) is 0.400. The molecule has 1 aliphatic heterocycles. The van der Waals surface area contributed by atoms with Crippen molar-refractivity contribution >= 4 is 22.9 Å². The molecule has 0 bridgehead atoms. The first-order valence-electron chi connectivity index (χ1n) is 9.67. The van der Waals surface area contributed by atoms with E-state index in [0.717, 1.165) is 4.57 Å². The van der Waals surface area contributed by atoms with Gasteiger partial charge in [-0.2, -0.15) is 13.2 Å². The molecule has 3 aromatic rings. The first-order valence-corrected chi connectivity index (χ1v) is 9.67. The third-order valence-corrected chi connectivity index (χ3v) is 5.33. The number of fused-ring (bicyclic) bond motifs is 1. The molecule has 0 radical (unpaired) electrons. The molecule has 1 saturated heterocycles. The number of nitrogens with zero attached hydrogens (tertiary/aromatic N) is 6. The van der Waals surface area contributed by atoms with Gasteiger partial charge in [-0.1, -0.05) is 12.1 Å². The molecule has 1 amide bonds. The van der Waals surface area contributed by atoms with E-state index in [2.05, 4.69) is 15.0 Å². The standard InChI is InChI=1S/C20H21F3N6O2/c1-27(12-19(31)7-10-28(13-19)18-24-8-4-9-25-18)16(30)11-29-15-6-3-2-5-14(15)26-17(29)20(21,22)23/h2-6,8-9,31H,7,10-13H2,1H3/t19-/m1/s1. The zero-order valence-electron chi connectivity index (χ0n) is 16.7. The minimum Gasteiger partial charge on any atom is -0.386 e. The van der Waals surface area contributed by atoms with Crippen molar-refractivity contribution < 1.29 is 23.1 Å². The predicted molar refractivity (Wildman–Crippen MR) is 106 cm³/mol. The Kier molecular flexibility index (Phi) is 5.29. The Morgan fingerprint density at radius 1 is 1.23 bits per heavy atom. The Labute approximate surface area is 175 Å². The van der Waals surface area contributed by atoms with Crippen LogP contribution in [-0.2, 0) is 17.5 Å². The molecule has 1 fully saturated rings. The number of β-amino-alcohol motifs (C(OH)–C–C–N with tert-alkyl or cyclic N) is 1. The molecule has 0 spiro atoms. The quantitative estimate of drug-likeness (QED) is 0.661. The SMILES string of the molecule is CN(C[C@]1(O)CCN(c2ncccn2)C1)C(=O)Cn1c(C(F)(F)F)nc2ccccc21. The highest BCUT2D eigenvalue weighted by Crippen LogP contribution is 2.31. The second kappa shape index (κ2) is 7.80. The number of alkyl halides is 3. The molecule has 11 heteroatoms. The van der Waals surface area contributed by atoms with Crippen molar-refractivity contribution in [1.29, 1.82) is 0 Å². The van der Waals surface area contributed by atoms with Gasteiger partial charge in [0, 0.05) is 26.0 Å². The fourth-order valence-electron chi connectivity index (χ4n) is 3.85. The lowest BCUT2D eigenvalue weighted by atomic mass is 10.0. The molecule has 1 N–H and O–H groups in total. The summed E-state index contributed by atoms with van der Waals surface area (Å²) in [5, 5.41) is 10.9. The number of hydrogen-bond acceptors (Lipinski definition) is 6. The van der Waals surface area contributed by atoms with E-state index in [1.807, 2.05) is 4.90 Å². The van der Waals surface area contributed by atoms with E-state index in [4.69, 9.17) is 0 Å². The van der Waals surface area contributed by atoms with Crippen LogP contribution in [0.4, 0.5) is 19.1 Å². The largest absolute Gasteiger partial charge is 0.449 e. The van der Waals surface area contributed by atoms with Gasteiger partial charge in [-0.3, -0.25) is 4.79 Å². The average molecular weight is 434 g/mol. The van der Waals surface area contributed by atoms with E-state index >= 15 is 0 Å². The Morgan fingerprint density at radius 2 is 1.94 bits per heavy atom. The van der Waals surface area contributed by atoms with Crippen molar-refractivity contribution in [3.05, 3.63) is 48.5 Å². The monoisotopic (exact) mass is 434 g/mol. The topological polar surface area (TPSA) is 87.4 Å². The maximum Gasteiger partial charge on any atom is 0.449 e. The van der Waals surface area contributed by atoms with Crippen LogP contribution in [0.15, 0.2) is 42.7 Å². The van der Waals surface area contributed by atoms with Gasteiger partial charge in [0.2, 0.25) is 17.7 Å². The van der Waals surface area contributed by atoms with Crippen LogP contribution in [0.3, 0.4) is 0 Å². The third-order valence-electron chi connectivity index (χ3n) is 5.33. The van der Waals surface area contributed by atoms with Gasteiger partial charge in [-0.05, 0) is 24.6 Å². The average Bonchev–Trinajstić information content (AvgIpc) is 3.30. The molecule has 3 heterocycles. The molecule has 0 aliphatic carbocycles. The molecule has 1 aliphatic rings. The van der Waals surface area contributed by atoms with Crippen LogP contribution in [0.5, 0.6) is 0 Å². The maximum atomic E-state index is 13.5. The maximum absolute atomic E-state index is 13.5. The molecule has 1 aromatic carbocycles. The van der Waals surface area contributed by atoms with Gasteiger partial charge in [-0.25, -0.2) is 15.0 Å². The number of para-hydroxylation sites is 2. The summed E-state index contributed by atoms with van der Waals surface area (Å²) >= 11 is 0. The molecule has 2 aromatic heterocycles. The van der Waals surface area contributed by atoms with Crippen LogP contribution >= 0.6 is 0 Å². The number of amides is 1. The van der Waals surface area contributed by atoms with E-state index in [-0.39, 0.29) is 24.1 Å². The smallest absolute Gasteiger partial charge is 0.386 e. The van der Waals surface area contributed by atoms with Crippen molar-refractivity contribution in [2.45, 2.75) is 24.7 Å². The van der Waals surface area contributed by atoms with E-state index in [9.17, 15) is 23.1 Å². The lowest BCUT2D eigenvalue weighted by Gasteiger charge is -2.29. The molecule has 4 rings (SSSR count). The van der Waals surface area contributed by atoms with Crippen molar-refractivity contribution in [3.63, 3.8) is 0 Å². The molecular weight excluding hydrogens is 413 g/mol. The third kappa shape index (κ3) is 4.31. The number of benzene rings is 1. The van der Waals surface area contributed by atoms with Crippen LogP contribution in [0.2, 0.25) is 0 Å². The Hall–Kier alpha value is -3.21. The van der Waals surface area contributed by atoms with Gasteiger partial charge in [0.1, 0.15) is 12.1 Å². The summed E-state index contributed by atoms with van der Waals surface area (Å²) in [6.07, 6.45) is -1.12. The van der Waals surface area contributed by atoms with E-state index < -0.39 is 30.1 Å². The number of likely N-dealkylation sites (N-methyl/N-ethyl adjacent to an activating group) is 1. The minimum atomic E-state index is -4.70. The van der Waals surface area contributed by atoms with Gasteiger partial charge < -0.3 is 19.5 Å². The summed E-state index contributed by atoms with van der Waals surface area (Å²) in [6, 6.07) is 7.83. The number of rotatable bonds is 5. The van der Waals surface area contributed by atoms with Gasteiger partial charge in [0.15, 0.2) is 0 Å². The normalized spacial score (nSPS) is 19.2. The van der Waals surface area contributed by atoms with Crippen molar-refractivity contribution in [2.75, 3.05) is 31.6 Å². The molecule has 0 unspecified atom stereocenters. The second-order valence-electron chi connectivity index (χ2n) is 7.70. The second-order valence-corrected chi connectivity index (χ2v) is 7.70. The molecule has 164 valence electrons.